The van der Waals surface area contributed by atoms with Gasteiger partial charge in [0.15, 0.2) is 0 Å². The summed E-state index contributed by atoms with van der Waals surface area (Å²) < 4.78 is 11.3. The molecule has 0 saturated heterocycles. The minimum atomic E-state index is -0.530. The standard InChI is InChI=1S/C28H39N3O5/c1-18(2)25-26(33)30-22(16-32)13-21-11-12-23(14-24(21)31(25)6)35-17-20-9-7-19(8-10-20)15-29-27(34)36-28(3,4)5/h7-12,14,18,22,25,32H,13,15-17H2,1-6H3,(H,29,34)(H,30,33)/t22-,25?/m0/s1. The van der Waals surface area contributed by atoms with Crippen molar-refractivity contribution in [3.63, 3.8) is 0 Å². The van der Waals surface area contributed by atoms with E-state index in [1.165, 1.54) is 0 Å². The van der Waals surface area contributed by atoms with Gasteiger partial charge in [0.05, 0.1) is 12.6 Å². The van der Waals surface area contributed by atoms with Crippen molar-refractivity contribution in [2.45, 2.75) is 71.9 Å². The lowest BCUT2D eigenvalue weighted by molar-refractivity contribution is -0.124. The second-order valence-corrected chi connectivity index (χ2v) is 10.6. The number of alkyl carbamates (subject to hydrolysis) is 1. The molecule has 196 valence electrons. The fourth-order valence-corrected chi connectivity index (χ4v) is 4.33. The Bertz CT molecular complexity index is 1050. The van der Waals surface area contributed by atoms with Crippen LogP contribution in [-0.2, 0) is 29.1 Å². The van der Waals surface area contributed by atoms with Crippen LogP contribution in [0.3, 0.4) is 0 Å². The Kier molecular flexibility index (Phi) is 8.84. The summed E-state index contributed by atoms with van der Waals surface area (Å²) in [4.78, 5) is 26.7. The molecule has 2 atom stereocenters. The Morgan fingerprint density at radius 1 is 1.17 bits per heavy atom. The topological polar surface area (TPSA) is 100 Å². The number of hydrogen-bond donors (Lipinski definition) is 3. The summed E-state index contributed by atoms with van der Waals surface area (Å²) in [6.07, 6.45) is 0.104. The number of aliphatic hydroxyl groups excluding tert-OH is 1. The van der Waals surface area contributed by atoms with Crippen molar-refractivity contribution in [1.29, 1.82) is 0 Å². The smallest absolute Gasteiger partial charge is 0.407 e. The lowest BCUT2D eigenvalue weighted by atomic mass is 9.95. The number of benzene rings is 2. The average molecular weight is 498 g/mol. The van der Waals surface area contributed by atoms with Crippen molar-refractivity contribution in [3.05, 3.63) is 59.2 Å². The summed E-state index contributed by atoms with van der Waals surface area (Å²) in [5.41, 5.74) is 3.41. The Labute approximate surface area is 214 Å². The highest BCUT2D eigenvalue weighted by Gasteiger charge is 2.32. The van der Waals surface area contributed by atoms with Crippen LogP contribution >= 0.6 is 0 Å². The summed E-state index contributed by atoms with van der Waals surface area (Å²) in [7, 11) is 1.93. The summed E-state index contributed by atoms with van der Waals surface area (Å²) in [5, 5.41) is 15.5. The molecule has 0 fully saturated rings. The largest absolute Gasteiger partial charge is 0.489 e. The molecule has 3 rings (SSSR count). The zero-order valence-corrected chi connectivity index (χ0v) is 22.1. The van der Waals surface area contributed by atoms with E-state index in [2.05, 4.69) is 10.6 Å². The number of hydrogen-bond acceptors (Lipinski definition) is 6. The van der Waals surface area contributed by atoms with Crippen molar-refractivity contribution in [3.8, 4) is 5.75 Å². The van der Waals surface area contributed by atoms with Gasteiger partial charge in [-0.15, -0.1) is 0 Å². The van der Waals surface area contributed by atoms with E-state index in [4.69, 9.17) is 9.47 Å². The first-order valence-corrected chi connectivity index (χ1v) is 12.4. The average Bonchev–Trinajstić information content (AvgIpc) is 2.80. The van der Waals surface area contributed by atoms with Crippen LogP contribution in [0, 0.1) is 5.92 Å². The number of nitrogens with one attached hydrogen (secondary N) is 2. The van der Waals surface area contributed by atoms with Gasteiger partial charge in [-0.2, -0.15) is 0 Å². The summed E-state index contributed by atoms with van der Waals surface area (Å²) in [6.45, 7) is 10.2. The van der Waals surface area contributed by atoms with Crippen LogP contribution in [0.4, 0.5) is 10.5 Å². The number of amides is 2. The fraction of sp³-hybridized carbons (Fsp3) is 0.500. The number of anilines is 1. The molecule has 0 saturated carbocycles. The molecule has 0 aromatic heterocycles. The third-order valence-electron chi connectivity index (χ3n) is 6.05. The second kappa shape index (κ2) is 11.6. The van der Waals surface area contributed by atoms with Gasteiger partial charge in [-0.25, -0.2) is 4.79 Å². The molecule has 36 heavy (non-hydrogen) atoms. The highest BCUT2D eigenvalue weighted by atomic mass is 16.6. The van der Waals surface area contributed by atoms with Crippen molar-refractivity contribution in [2.75, 3.05) is 18.6 Å². The van der Waals surface area contributed by atoms with E-state index in [-0.39, 0.29) is 30.5 Å². The monoisotopic (exact) mass is 497 g/mol. The Balaban J connectivity index is 1.66. The highest BCUT2D eigenvalue weighted by molar-refractivity contribution is 5.86. The van der Waals surface area contributed by atoms with Crippen LogP contribution in [0.25, 0.3) is 0 Å². The molecule has 1 heterocycles. The number of rotatable bonds is 7. The van der Waals surface area contributed by atoms with Crippen LogP contribution in [0.5, 0.6) is 5.75 Å². The maximum atomic E-state index is 12.8. The molecule has 1 aliphatic rings. The molecule has 8 heteroatoms. The maximum Gasteiger partial charge on any atom is 0.407 e. The molecule has 2 amide bonds. The second-order valence-electron chi connectivity index (χ2n) is 10.6. The molecule has 0 bridgehead atoms. The minimum absolute atomic E-state index is 0.0789. The van der Waals surface area contributed by atoms with Gasteiger partial charge in [0.2, 0.25) is 5.91 Å². The summed E-state index contributed by atoms with van der Waals surface area (Å²) >= 11 is 0. The van der Waals surface area contributed by atoms with Gasteiger partial charge in [0.1, 0.15) is 24.0 Å². The van der Waals surface area contributed by atoms with E-state index in [9.17, 15) is 14.7 Å². The van der Waals surface area contributed by atoms with E-state index < -0.39 is 11.7 Å². The van der Waals surface area contributed by atoms with Gasteiger partial charge in [-0.1, -0.05) is 44.2 Å². The van der Waals surface area contributed by atoms with Crippen molar-refractivity contribution >= 4 is 17.7 Å². The summed E-state index contributed by atoms with van der Waals surface area (Å²) in [5.74, 6) is 0.721. The summed E-state index contributed by atoms with van der Waals surface area (Å²) in [6, 6.07) is 13.1. The predicted octanol–water partition coefficient (Wildman–Crippen LogP) is 3.78. The maximum absolute atomic E-state index is 12.8. The van der Waals surface area contributed by atoms with E-state index in [0.717, 1.165) is 22.4 Å². The van der Waals surface area contributed by atoms with E-state index >= 15 is 0 Å². The molecular formula is C28H39N3O5. The van der Waals surface area contributed by atoms with Crippen LogP contribution in [0.1, 0.15) is 51.3 Å². The lowest BCUT2D eigenvalue weighted by Crippen LogP contribution is -2.54. The molecule has 2 aromatic rings. The number of likely N-dealkylation sites (N-methyl/N-ethyl adjacent to an activating group) is 1. The van der Waals surface area contributed by atoms with E-state index in [1.54, 1.807) is 0 Å². The first-order valence-electron chi connectivity index (χ1n) is 12.4. The van der Waals surface area contributed by atoms with Gasteiger partial charge < -0.3 is 30.1 Å². The number of carbonyl (C=O) groups is 2. The fourth-order valence-electron chi connectivity index (χ4n) is 4.33. The highest BCUT2D eigenvalue weighted by Crippen LogP contribution is 2.31. The first-order chi connectivity index (χ1) is 17.0. The van der Waals surface area contributed by atoms with E-state index in [0.29, 0.717) is 25.3 Å². The number of fused-ring (bicyclic) bond motifs is 1. The normalized spacial score (nSPS) is 18.1. The van der Waals surface area contributed by atoms with Gasteiger partial charge >= 0.3 is 6.09 Å². The van der Waals surface area contributed by atoms with E-state index in [1.807, 2.05) is 89.0 Å². The third kappa shape index (κ3) is 7.37. The number of carbonyl (C=O) groups excluding carboxylic acids is 2. The first kappa shape index (κ1) is 27.3. The molecule has 2 aromatic carbocycles. The molecule has 8 nitrogen and oxygen atoms in total. The van der Waals surface area contributed by atoms with Crippen LogP contribution in [0.2, 0.25) is 0 Å². The quantitative estimate of drug-likeness (QED) is 0.538. The van der Waals surface area contributed by atoms with Crippen molar-refractivity contribution in [2.24, 2.45) is 5.92 Å². The third-order valence-corrected chi connectivity index (χ3v) is 6.05. The number of nitrogens with zero attached hydrogens (tertiary/aromatic N) is 1. The number of ether oxygens (including phenoxy) is 2. The lowest BCUT2D eigenvalue weighted by Gasteiger charge is -2.37. The van der Waals surface area contributed by atoms with Crippen LogP contribution in [-0.4, -0.2) is 48.4 Å². The molecule has 1 unspecified atom stereocenters. The van der Waals surface area contributed by atoms with Gasteiger partial charge in [0, 0.05) is 25.3 Å². The molecule has 3 N–H and O–H groups in total. The SMILES string of the molecule is CC(C)C1C(=O)N[C@H](CO)Cc2ccc(OCc3ccc(CNC(=O)OC(C)(C)C)cc3)cc2N1C. The van der Waals surface area contributed by atoms with Crippen molar-refractivity contribution < 1.29 is 24.2 Å². The Morgan fingerprint density at radius 2 is 1.83 bits per heavy atom. The van der Waals surface area contributed by atoms with Gasteiger partial charge in [-0.05, 0) is 55.9 Å². The van der Waals surface area contributed by atoms with Crippen LogP contribution in [0.15, 0.2) is 42.5 Å². The molecule has 0 radical (unpaired) electrons. The minimum Gasteiger partial charge on any atom is -0.489 e. The zero-order valence-electron chi connectivity index (χ0n) is 22.1. The van der Waals surface area contributed by atoms with Gasteiger partial charge in [0.25, 0.3) is 0 Å². The zero-order chi connectivity index (χ0) is 26.5. The van der Waals surface area contributed by atoms with Gasteiger partial charge in [-0.3, -0.25) is 4.79 Å². The van der Waals surface area contributed by atoms with Crippen molar-refractivity contribution in [1.82, 2.24) is 10.6 Å². The Morgan fingerprint density at radius 3 is 2.44 bits per heavy atom. The number of aliphatic hydroxyl groups is 1. The Hall–Kier alpha value is -3.26. The van der Waals surface area contributed by atoms with Crippen LogP contribution < -0.4 is 20.3 Å². The predicted molar refractivity (Wildman–Crippen MR) is 140 cm³/mol. The molecule has 0 spiro atoms. The molecular weight excluding hydrogens is 458 g/mol. The molecule has 1 aliphatic heterocycles. The molecule has 0 aliphatic carbocycles.